The molecule has 4 atom stereocenters. The summed E-state index contributed by atoms with van der Waals surface area (Å²) in [5.41, 5.74) is 1.67. The van der Waals surface area contributed by atoms with Gasteiger partial charge in [-0.3, -0.25) is 14.6 Å². The second-order valence-corrected chi connectivity index (χ2v) is 11.6. The second kappa shape index (κ2) is 11.4. The van der Waals surface area contributed by atoms with Gasteiger partial charge in [-0.05, 0) is 55.8 Å². The van der Waals surface area contributed by atoms with Crippen LogP contribution in [-0.2, 0) is 19.6 Å². The first-order chi connectivity index (χ1) is 18.8. The molecule has 5 rings (SSSR count). The first-order valence-corrected chi connectivity index (χ1v) is 14.9. The Balaban J connectivity index is 1.67. The van der Waals surface area contributed by atoms with Gasteiger partial charge >= 0.3 is 5.97 Å². The van der Waals surface area contributed by atoms with Crippen molar-refractivity contribution in [1.82, 2.24) is 9.62 Å². The minimum atomic E-state index is -3.76. The fourth-order valence-electron chi connectivity index (χ4n) is 5.97. The summed E-state index contributed by atoms with van der Waals surface area (Å²) in [4.78, 5) is 33.1. The van der Waals surface area contributed by atoms with Gasteiger partial charge in [0.25, 0.3) is 5.91 Å². The SMILES string of the molecule is C=NCS(=O)(=O)NC1CCCCC1N1C(=O)c2ccccc2C(C(=O)OCC)C1c1ccc2c(c1)OCCO2. The van der Waals surface area contributed by atoms with E-state index in [1.54, 1.807) is 42.2 Å². The Morgan fingerprint density at radius 1 is 1.13 bits per heavy atom. The number of nitrogens with zero attached hydrogens (tertiary/aromatic N) is 2. The normalized spacial score (nSPS) is 24.5. The van der Waals surface area contributed by atoms with Crippen molar-refractivity contribution >= 4 is 28.6 Å². The minimum Gasteiger partial charge on any atom is -0.486 e. The maximum absolute atomic E-state index is 14.3. The number of nitrogens with one attached hydrogen (secondary N) is 1. The van der Waals surface area contributed by atoms with E-state index in [1.165, 1.54) is 0 Å². The van der Waals surface area contributed by atoms with E-state index in [-0.39, 0.29) is 12.5 Å². The van der Waals surface area contributed by atoms with Crippen LogP contribution in [-0.4, -0.2) is 69.7 Å². The van der Waals surface area contributed by atoms with Crippen molar-refractivity contribution in [1.29, 1.82) is 0 Å². The molecular weight excluding hydrogens is 522 g/mol. The zero-order chi connectivity index (χ0) is 27.6. The molecule has 0 aromatic heterocycles. The molecule has 1 fully saturated rings. The zero-order valence-electron chi connectivity index (χ0n) is 21.9. The molecule has 1 N–H and O–H groups in total. The van der Waals surface area contributed by atoms with Gasteiger partial charge in [0.15, 0.2) is 17.4 Å². The van der Waals surface area contributed by atoms with Crippen LogP contribution in [0.15, 0.2) is 47.5 Å². The van der Waals surface area contributed by atoms with E-state index in [9.17, 15) is 18.0 Å². The molecule has 0 bridgehead atoms. The molecule has 10 nitrogen and oxygen atoms in total. The number of sulfonamides is 1. The summed E-state index contributed by atoms with van der Waals surface area (Å²) in [7, 11) is -3.76. The van der Waals surface area contributed by atoms with E-state index >= 15 is 0 Å². The Morgan fingerprint density at radius 2 is 1.87 bits per heavy atom. The lowest BCUT2D eigenvalue weighted by atomic mass is 9.77. The van der Waals surface area contributed by atoms with Gasteiger partial charge < -0.3 is 19.1 Å². The van der Waals surface area contributed by atoms with Gasteiger partial charge in [-0.25, -0.2) is 13.1 Å². The third-order valence-electron chi connectivity index (χ3n) is 7.50. The highest BCUT2D eigenvalue weighted by Crippen LogP contribution is 2.48. The standard InChI is InChI=1S/C28H33N3O7S/c1-3-36-28(33)25-19-8-4-5-9-20(19)27(32)31(22-11-7-6-10-21(22)30-39(34,35)17-29-2)26(25)18-12-13-23-24(16-18)38-15-14-37-23/h4-5,8-9,12-13,16,21-22,25-26,30H,2-3,6-7,10-11,14-15,17H2,1H3. The fourth-order valence-corrected chi connectivity index (χ4v) is 7.02. The van der Waals surface area contributed by atoms with Gasteiger partial charge in [0.1, 0.15) is 19.1 Å². The average Bonchev–Trinajstić information content (AvgIpc) is 2.93. The van der Waals surface area contributed by atoms with Gasteiger partial charge in [0.2, 0.25) is 10.0 Å². The number of esters is 1. The van der Waals surface area contributed by atoms with Crippen molar-refractivity contribution in [3.63, 3.8) is 0 Å². The van der Waals surface area contributed by atoms with Crippen LogP contribution in [0.3, 0.4) is 0 Å². The average molecular weight is 556 g/mol. The van der Waals surface area contributed by atoms with Crippen molar-refractivity contribution in [3.8, 4) is 11.5 Å². The van der Waals surface area contributed by atoms with Gasteiger partial charge in [-0.2, -0.15) is 0 Å². The molecule has 1 amide bonds. The quantitative estimate of drug-likeness (QED) is 0.392. The lowest BCUT2D eigenvalue weighted by Gasteiger charge is -2.48. The minimum absolute atomic E-state index is 0.180. The number of aliphatic imine (C=N–C) groups is 1. The van der Waals surface area contributed by atoms with E-state index in [2.05, 4.69) is 16.4 Å². The number of benzene rings is 2. The first-order valence-electron chi connectivity index (χ1n) is 13.2. The molecule has 2 aromatic carbocycles. The topological polar surface area (TPSA) is 124 Å². The predicted octanol–water partition coefficient (Wildman–Crippen LogP) is 3.19. The van der Waals surface area contributed by atoms with Gasteiger partial charge in [0, 0.05) is 17.6 Å². The highest BCUT2D eigenvalue weighted by Gasteiger charge is 2.49. The molecule has 11 heteroatoms. The number of ether oxygens (including phenoxy) is 3. The monoisotopic (exact) mass is 555 g/mol. The number of carbonyl (C=O) groups is 2. The Labute approximate surface area is 228 Å². The fraction of sp³-hybridized carbons (Fsp3) is 0.464. The van der Waals surface area contributed by atoms with Crippen molar-refractivity contribution < 1.29 is 32.2 Å². The Morgan fingerprint density at radius 3 is 2.64 bits per heavy atom. The van der Waals surface area contributed by atoms with E-state index < -0.39 is 45.9 Å². The smallest absolute Gasteiger partial charge is 0.315 e. The summed E-state index contributed by atoms with van der Waals surface area (Å²) in [6.07, 6.45) is 2.73. The number of fused-ring (bicyclic) bond motifs is 2. The number of hydrogen-bond acceptors (Lipinski definition) is 8. The Bertz CT molecular complexity index is 1360. The molecular formula is C28H33N3O7S. The summed E-state index contributed by atoms with van der Waals surface area (Å²) in [6, 6.07) is 10.7. The van der Waals surface area contributed by atoms with Crippen LogP contribution >= 0.6 is 0 Å². The molecule has 1 saturated carbocycles. The molecule has 2 aliphatic heterocycles. The molecule has 1 aliphatic carbocycles. The molecule has 3 aliphatic rings. The van der Waals surface area contributed by atoms with E-state index in [1.807, 2.05) is 12.1 Å². The van der Waals surface area contributed by atoms with Crippen LogP contribution in [0, 0.1) is 0 Å². The molecule has 2 heterocycles. The largest absolute Gasteiger partial charge is 0.486 e. The van der Waals surface area contributed by atoms with Crippen LogP contribution in [0.1, 0.15) is 66.1 Å². The Hall–Kier alpha value is -3.44. The lowest BCUT2D eigenvalue weighted by molar-refractivity contribution is -0.147. The van der Waals surface area contributed by atoms with Gasteiger partial charge in [-0.1, -0.05) is 37.1 Å². The molecule has 0 radical (unpaired) electrons. The van der Waals surface area contributed by atoms with Crippen molar-refractivity contribution in [3.05, 3.63) is 59.2 Å². The summed E-state index contributed by atoms with van der Waals surface area (Å²) < 4.78 is 45.3. The molecule has 2 aromatic rings. The van der Waals surface area contributed by atoms with Crippen LogP contribution in [0.5, 0.6) is 11.5 Å². The lowest BCUT2D eigenvalue weighted by Crippen LogP contribution is -2.58. The third kappa shape index (κ3) is 5.38. The number of carbonyl (C=O) groups excluding carboxylic acids is 2. The third-order valence-corrected chi connectivity index (χ3v) is 8.69. The molecule has 4 unspecified atom stereocenters. The van der Waals surface area contributed by atoms with Crippen LogP contribution < -0.4 is 14.2 Å². The molecule has 39 heavy (non-hydrogen) atoms. The summed E-state index contributed by atoms with van der Waals surface area (Å²) in [6.45, 7) is 6.06. The highest BCUT2D eigenvalue weighted by atomic mass is 32.2. The number of rotatable bonds is 8. The molecule has 0 spiro atoms. The van der Waals surface area contributed by atoms with E-state index in [0.717, 1.165) is 12.8 Å². The van der Waals surface area contributed by atoms with E-state index in [0.29, 0.717) is 54.2 Å². The zero-order valence-corrected chi connectivity index (χ0v) is 22.7. The van der Waals surface area contributed by atoms with Crippen LogP contribution in [0.2, 0.25) is 0 Å². The summed E-state index contributed by atoms with van der Waals surface area (Å²) in [5.74, 6) is -0.882. The maximum atomic E-state index is 14.3. The number of amides is 1. The Kier molecular flexibility index (Phi) is 7.90. The number of hydrogen-bond donors (Lipinski definition) is 1. The maximum Gasteiger partial charge on any atom is 0.315 e. The van der Waals surface area contributed by atoms with Gasteiger partial charge in [0.05, 0.1) is 12.6 Å². The van der Waals surface area contributed by atoms with Crippen molar-refractivity contribution in [2.24, 2.45) is 4.99 Å². The second-order valence-electron chi connectivity index (χ2n) is 9.92. The molecule has 208 valence electrons. The molecule has 0 saturated heterocycles. The van der Waals surface area contributed by atoms with Crippen molar-refractivity contribution in [2.75, 3.05) is 25.7 Å². The first kappa shape index (κ1) is 27.1. The van der Waals surface area contributed by atoms with Crippen molar-refractivity contribution in [2.45, 2.75) is 56.7 Å². The summed E-state index contributed by atoms with van der Waals surface area (Å²) >= 11 is 0. The van der Waals surface area contributed by atoms with E-state index in [4.69, 9.17) is 14.2 Å². The highest BCUT2D eigenvalue weighted by molar-refractivity contribution is 7.89. The summed E-state index contributed by atoms with van der Waals surface area (Å²) in [5, 5.41) is 0. The van der Waals surface area contributed by atoms with Crippen LogP contribution in [0.25, 0.3) is 0 Å². The van der Waals surface area contributed by atoms with Crippen LogP contribution in [0.4, 0.5) is 0 Å². The van der Waals surface area contributed by atoms with Gasteiger partial charge in [-0.15, -0.1) is 0 Å². The predicted molar refractivity (Wildman–Crippen MR) is 145 cm³/mol.